The van der Waals surface area contributed by atoms with Crippen molar-refractivity contribution in [3.8, 4) is 0 Å². The van der Waals surface area contributed by atoms with Crippen molar-refractivity contribution in [2.75, 3.05) is 0 Å². The highest BCUT2D eigenvalue weighted by atomic mass is 16.5. The lowest BCUT2D eigenvalue weighted by molar-refractivity contribution is -0.208. The number of hydrogen-bond acceptors (Lipinski definition) is 4. The van der Waals surface area contributed by atoms with Gasteiger partial charge in [-0.3, -0.25) is 9.59 Å². The average molecular weight is 473 g/mol. The van der Waals surface area contributed by atoms with Crippen LogP contribution in [0.4, 0.5) is 0 Å². The summed E-state index contributed by atoms with van der Waals surface area (Å²) in [4.78, 5) is 27.0. The fourth-order valence-electron chi connectivity index (χ4n) is 10.6. The van der Waals surface area contributed by atoms with Gasteiger partial charge in [-0.25, -0.2) is 0 Å². The molecule has 0 spiro atoms. The molecule has 1 saturated heterocycles. The summed E-state index contributed by atoms with van der Waals surface area (Å²) in [5.74, 6) is 1.84. The van der Waals surface area contributed by atoms with E-state index in [0.29, 0.717) is 36.2 Å². The lowest BCUT2D eigenvalue weighted by Gasteiger charge is -2.68. The summed E-state index contributed by atoms with van der Waals surface area (Å²) < 4.78 is 6.61. The first kappa shape index (κ1) is 24.9. The Labute approximate surface area is 207 Å². The minimum atomic E-state index is -0.856. The van der Waals surface area contributed by atoms with Crippen LogP contribution in [-0.4, -0.2) is 34.0 Å². The second-order valence-corrected chi connectivity index (χ2v) is 15.0. The summed E-state index contributed by atoms with van der Waals surface area (Å²) in [6, 6.07) is 0. The van der Waals surface area contributed by atoms with Crippen molar-refractivity contribution in [1.82, 2.24) is 0 Å². The van der Waals surface area contributed by atoms with Crippen LogP contribution < -0.4 is 0 Å². The molecule has 0 aromatic carbocycles. The van der Waals surface area contributed by atoms with Gasteiger partial charge in [0.05, 0.1) is 17.3 Å². The van der Waals surface area contributed by atoms with E-state index >= 15 is 0 Å². The molecule has 4 aliphatic carbocycles. The number of hydrogen-bond donors (Lipinski definition) is 1. The third-order valence-electron chi connectivity index (χ3n) is 12.8. The van der Waals surface area contributed by atoms with Crippen LogP contribution in [0.25, 0.3) is 0 Å². The molecule has 192 valence electrons. The molecule has 4 nitrogen and oxygen atoms in total. The van der Waals surface area contributed by atoms with Gasteiger partial charge in [0.15, 0.2) is 0 Å². The quantitative estimate of drug-likeness (QED) is 0.525. The van der Waals surface area contributed by atoms with Crippen molar-refractivity contribution in [2.24, 2.45) is 45.3 Å². The van der Waals surface area contributed by atoms with Crippen LogP contribution in [0.3, 0.4) is 0 Å². The van der Waals surface area contributed by atoms with Crippen LogP contribution in [-0.2, 0) is 14.3 Å². The zero-order valence-corrected chi connectivity index (χ0v) is 22.9. The summed E-state index contributed by atoms with van der Waals surface area (Å²) in [5, 5.41) is 10.6. The molecule has 34 heavy (non-hydrogen) atoms. The SMILES string of the molecule is CC(C)(O)C1CC[C@@](C)(C2CC[C@]3(C)C2C(=O)CC2[C@@]4(C)CCC(=O)C(C)(C)C4CC[C@]23C)O1. The van der Waals surface area contributed by atoms with Crippen molar-refractivity contribution in [2.45, 2.75) is 130 Å². The van der Waals surface area contributed by atoms with E-state index < -0.39 is 5.60 Å². The first-order valence-corrected chi connectivity index (χ1v) is 14.0. The minimum absolute atomic E-state index is 0.0313. The number of aliphatic hydroxyl groups is 1. The van der Waals surface area contributed by atoms with E-state index in [2.05, 4.69) is 41.5 Å². The Morgan fingerprint density at radius 2 is 1.50 bits per heavy atom. The molecular weight excluding hydrogens is 424 g/mol. The zero-order chi connectivity index (χ0) is 25.1. The molecule has 1 N–H and O–H groups in total. The van der Waals surface area contributed by atoms with Crippen LogP contribution in [0.2, 0.25) is 0 Å². The maximum absolute atomic E-state index is 14.1. The first-order chi connectivity index (χ1) is 15.5. The molecule has 1 heterocycles. The van der Waals surface area contributed by atoms with E-state index in [-0.39, 0.29) is 45.2 Å². The maximum Gasteiger partial charge on any atom is 0.138 e. The summed E-state index contributed by atoms with van der Waals surface area (Å²) in [6.07, 6.45) is 8.20. The molecule has 9 atom stereocenters. The van der Waals surface area contributed by atoms with Crippen molar-refractivity contribution in [3.63, 3.8) is 0 Å². The lowest BCUT2D eigenvalue weighted by atomic mass is 9.35. The molecule has 0 bridgehead atoms. The van der Waals surface area contributed by atoms with Gasteiger partial charge in [-0.05, 0) is 99.7 Å². The van der Waals surface area contributed by atoms with Gasteiger partial charge in [0, 0.05) is 24.2 Å². The Morgan fingerprint density at radius 3 is 2.12 bits per heavy atom. The van der Waals surface area contributed by atoms with Gasteiger partial charge in [0.1, 0.15) is 11.6 Å². The predicted octanol–water partition coefficient (Wildman–Crippen LogP) is 6.13. The Kier molecular flexibility index (Phi) is 5.27. The summed E-state index contributed by atoms with van der Waals surface area (Å²) in [7, 11) is 0. The highest BCUT2D eigenvalue weighted by molar-refractivity contribution is 5.86. The summed E-state index contributed by atoms with van der Waals surface area (Å²) in [5.41, 5.74) is -1.36. The van der Waals surface area contributed by atoms with Crippen LogP contribution in [0, 0.1) is 45.3 Å². The predicted molar refractivity (Wildman–Crippen MR) is 133 cm³/mol. The highest BCUT2D eigenvalue weighted by Crippen LogP contribution is 2.75. The number of ketones is 2. The van der Waals surface area contributed by atoms with Crippen molar-refractivity contribution < 1.29 is 19.4 Å². The molecule has 1 aliphatic heterocycles. The van der Waals surface area contributed by atoms with Gasteiger partial charge >= 0.3 is 0 Å². The molecular formula is C30H48O4. The largest absolute Gasteiger partial charge is 0.388 e. The van der Waals surface area contributed by atoms with E-state index in [4.69, 9.17) is 4.74 Å². The first-order valence-electron chi connectivity index (χ1n) is 14.0. The monoisotopic (exact) mass is 472 g/mol. The third kappa shape index (κ3) is 3.03. The van der Waals surface area contributed by atoms with Gasteiger partial charge in [-0.1, -0.05) is 34.6 Å². The fourth-order valence-corrected chi connectivity index (χ4v) is 10.6. The molecule has 5 unspecified atom stereocenters. The van der Waals surface area contributed by atoms with Gasteiger partial charge in [-0.2, -0.15) is 0 Å². The summed E-state index contributed by atoms with van der Waals surface area (Å²) in [6.45, 7) is 17.6. The van der Waals surface area contributed by atoms with Crippen LogP contribution >= 0.6 is 0 Å². The van der Waals surface area contributed by atoms with E-state index in [1.807, 2.05) is 13.8 Å². The molecule has 5 fully saturated rings. The van der Waals surface area contributed by atoms with E-state index in [1.54, 1.807) is 0 Å². The number of rotatable bonds is 2. The van der Waals surface area contributed by atoms with Crippen LogP contribution in [0.15, 0.2) is 0 Å². The Hall–Kier alpha value is -0.740. The fraction of sp³-hybridized carbons (Fsp3) is 0.933. The third-order valence-corrected chi connectivity index (χ3v) is 12.8. The lowest BCUT2D eigenvalue weighted by Crippen LogP contribution is -2.65. The normalized spacial score (nSPS) is 52.8. The highest BCUT2D eigenvalue weighted by Gasteiger charge is 2.72. The number of fused-ring (bicyclic) bond motifs is 5. The Morgan fingerprint density at radius 1 is 0.853 bits per heavy atom. The number of Topliss-reactive ketones (excluding diaryl/α,β-unsaturated/α-hetero) is 2. The summed E-state index contributed by atoms with van der Waals surface area (Å²) >= 11 is 0. The molecule has 0 radical (unpaired) electrons. The van der Waals surface area contributed by atoms with Crippen LogP contribution in [0.1, 0.15) is 113 Å². The Bertz CT molecular complexity index is 900. The van der Waals surface area contributed by atoms with E-state index in [9.17, 15) is 14.7 Å². The maximum atomic E-state index is 14.1. The van der Waals surface area contributed by atoms with Gasteiger partial charge in [0.25, 0.3) is 0 Å². The topological polar surface area (TPSA) is 63.6 Å². The van der Waals surface area contributed by atoms with Gasteiger partial charge < -0.3 is 9.84 Å². The molecule has 0 amide bonds. The number of ether oxygens (including phenoxy) is 1. The van der Waals surface area contributed by atoms with Crippen molar-refractivity contribution in [3.05, 3.63) is 0 Å². The minimum Gasteiger partial charge on any atom is -0.388 e. The van der Waals surface area contributed by atoms with Gasteiger partial charge in [-0.15, -0.1) is 0 Å². The zero-order valence-electron chi connectivity index (χ0n) is 22.9. The second kappa shape index (κ2) is 7.18. The smallest absolute Gasteiger partial charge is 0.138 e. The average Bonchev–Trinajstić information content (AvgIpc) is 3.30. The van der Waals surface area contributed by atoms with E-state index in [1.165, 1.54) is 0 Å². The molecule has 0 aromatic rings. The molecule has 5 rings (SSSR count). The van der Waals surface area contributed by atoms with Crippen LogP contribution in [0.5, 0.6) is 0 Å². The van der Waals surface area contributed by atoms with Crippen molar-refractivity contribution in [1.29, 1.82) is 0 Å². The standard InChI is InChI=1S/C30H48O4/c1-25(2)20-10-15-28(6)21(27(20,5)13-11-22(25)32)17-19(31)24-18(9-14-29(24,28)7)30(8)16-12-23(34-30)26(3,4)33/h18,20-21,23-24,33H,9-17H2,1-8H3/t18?,20?,21?,23?,24?,27-,28+,29+,30-/m0/s1. The molecule has 4 heteroatoms. The van der Waals surface area contributed by atoms with E-state index in [0.717, 1.165) is 44.9 Å². The van der Waals surface area contributed by atoms with Crippen molar-refractivity contribution >= 4 is 11.6 Å². The molecule has 4 saturated carbocycles. The number of carbonyl (C=O) groups is 2. The Balaban J connectivity index is 1.49. The second-order valence-electron chi connectivity index (χ2n) is 15.0. The van der Waals surface area contributed by atoms with Gasteiger partial charge in [0.2, 0.25) is 0 Å². The molecule has 5 aliphatic rings. The number of carbonyl (C=O) groups excluding carboxylic acids is 2. The molecule has 0 aromatic heterocycles.